The zero-order valence-corrected chi connectivity index (χ0v) is 20.1. The fourth-order valence-corrected chi connectivity index (χ4v) is 5.13. The molecule has 2 aliphatic heterocycles. The molecule has 13 heteroatoms. The van der Waals surface area contributed by atoms with Gasteiger partial charge in [0, 0.05) is 31.1 Å². The van der Waals surface area contributed by atoms with E-state index in [1.165, 1.54) is 18.7 Å². The molecule has 2 heterocycles. The molecule has 1 aromatic rings. The first-order valence-corrected chi connectivity index (χ1v) is 12.0. The van der Waals surface area contributed by atoms with Gasteiger partial charge >= 0.3 is 17.9 Å². The molecule has 0 saturated carbocycles. The van der Waals surface area contributed by atoms with E-state index in [0.29, 0.717) is 5.56 Å². The van der Waals surface area contributed by atoms with Gasteiger partial charge in [-0.15, -0.1) is 11.8 Å². The summed E-state index contributed by atoms with van der Waals surface area (Å²) in [5, 5.41) is 22.9. The number of rotatable bonds is 11. The Labute approximate surface area is 210 Å². The third kappa shape index (κ3) is 6.22. The van der Waals surface area contributed by atoms with Crippen LogP contribution in [0, 0.1) is 0 Å². The maximum atomic E-state index is 13.2. The van der Waals surface area contributed by atoms with E-state index in [2.05, 4.69) is 10.6 Å². The second-order valence-electron chi connectivity index (χ2n) is 8.09. The molecule has 0 spiro atoms. The molecule has 3 amide bonds. The van der Waals surface area contributed by atoms with Crippen molar-refractivity contribution in [3.63, 3.8) is 0 Å². The van der Waals surface area contributed by atoms with Crippen molar-refractivity contribution in [2.45, 2.75) is 43.6 Å². The monoisotopic (exact) mass is 519 g/mol. The van der Waals surface area contributed by atoms with Crippen LogP contribution in [0.25, 0.3) is 0 Å². The Bertz CT molecular complexity index is 1110. The van der Waals surface area contributed by atoms with Gasteiger partial charge in [0.1, 0.15) is 29.8 Å². The average molecular weight is 520 g/mol. The molecule has 4 N–H and O–H groups in total. The van der Waals surface area contributed by atoms with Crippen molar-refractivity contribution in [1.29, 1.82) is 0 Å². The number of nitrogens with one attached hydrogen (secondary N) is 2. The standard InChI is InChI=1S/C23H25N3O9S/c1-12(27)35-10-14-11-36-22-18(21(32)26(22)19(14)23(33)34)25-20(31)17(13-6-3-2-4-7-13)24-15(28)8-5-9-16(29)30/h2-4,6-7,17-18,22H,5,8-11H2,1H3,(H,24,28)(H,25,31)(H,29,30)(H,33,34)/t17?,18-,22-/m1/s1. The van der Waals surface area contributed by atoms with Crippen LogP contribution < -0.4 is 10.6 Å². The highest BCUT2D eigenvalue weighted by Crippen LogP contribution is 2.40. The molecule has 0 aromatic heterocycles. The number of amides is 3. The fraction of sp³-hybridized carbons (Fsp3) is 0.391. The zero-order valence-electron chi connectivity index (χ0n) is 19.3. The first kappa shape index (κ1) is 26.7. The number of thioether (sulfide) groups is 1. The molecule has 2 aliphatic rings. The van der Waals surface area contributed by atoms with E-state index in [0.717, 1.165) is 4.90 Å². The number of β-lactam (4-membered cyclic amide) rings is 1. The van der Waals surface area contributed by atoms with Gasteiger partial charge in [0.25, 0.3) is 5.91 Å². The van der Waals surface area contributed by atoms with Crippen molar-refractivity contribution >= 4 is 47.4 Å². The highest BCUT2D eigenvalue weighted by molar-refractivity contribution is 8.00. The van der Waals surface area contributed by atoms with E-state index in [1.807, 2.05) is 0 Å². The number of carboxylic acid groups (broad SMARTS) is 2. The van der Waals surface area contributed by atoms with Crippen LogP contribution in [-0.4, -0.2) is 74.5 Å². The van der Waals surface area contributed by atoms with Gasteiger partial charge in [-0.2, -0.15) is 0 Å². The molecule has 192 valence electrons. The molecule has 3 atom stereocenters. The number of aliphatic carboxylic acids is 2. The molecule has 0 radical (unpaired) electrons. The van der Waals surface area contributed by atoms with Gasteiger partial charge in [0.15, 0.2) is 0 Å². The summed E-state index contributed by atoms with van der Waals surface area (Å²) in [6.07, 6.45) is -0.200. The Morgan fingerprint density at radius 3 is 2.44 bits per heavy atom. The lowest BCUT2D eigenvalue weighted by atomic mass is 10.0. The van der Waals surface area contributed by atoms with Gasteiger partial charge in [-0.1, -0.05) is 30.3 Å². The quantitative estimate of drug-likeness (QED) is 0.236. The van der Waals surface area contributed by atoms with Crippen molar-refractivity contribution in [2.24, 2.45) is 0 Å². The lowest BCUT2D eigenvalue weighted by Gasteiger charge is -2.49. The molecule has 1 fully saturated rings. The third-order valence-electron chi connectivity index (χ3n) is 5.49. The molecular weight excluding hydrogens is 494 g/mol. The maximum absolute atomic E-state index is 13.2. The highest BCUT2D eigenvalue weighted by atomic mass is 32.2. The van der Waals surface area contributed by atoms with E-state index in [-0.39, 0.29) is 42.9 Å². The number of esters is 1. The Balaban J connectivity index is 1.72. The molecule has 12 nitrogen and oxygen atoms in total. The van der Waals surface area contributed by atoms with Crippen LogP contribution in [0.15, 0.2) is 41.6 Å². The summed E-state index contributed by atoms with van der Waals surface area (Å²) in [5.41, 5.74) is 0.450. The Morgan fingerprint density at radius 1 is 1.14 bits per heavy atom. The predicted molar refractivity (Wildman–Crippen MR) is 125 cm³/mol. The van der Waals surface area contributed by atoms with Crippen molar-refractivity contribution in [2.75, 3.05) is 12.4 Å². The summed E-state index contributed by atoms with van der Waals surface area (Å²) >= 11 is 1.22. The van der Waals surface area contributed by atoms with E-state index in [1.54, 1.807) is 30.3 Å². The van der Waals surface area contributed by atoms with Gasteiger partial charge in [-0.25, -0.2) is 4.79 Å². The van der Waals surface area contributed by atoms with Crippen LogP contribution in [0.2, 0.25) is 0 Å². The van der Waals surface area contributed by atoms with Gasteiger partial charge in [-0.3, -0.25) is 28.9 Å². The van der Waals surface area contributed by atoms with Crippen LogP contribution >= 0.6 is 11.8 Å². The fourth-order valence-electron chi connectivity index (χ4n) is 3.80. The van der Waals surface area contributed by atoms with Crippen molar-refractivity contribution < 1.29 is 43.7 Å². The first-order valence-electron chi connectivity index (χ1n) is 11.0. The molecule has 36 heavy (non-hydrogen) atoms. The van der Waals surface area contributed by atoms with E-state index in [9.17, 15) is 33.9 Å². The number of hydrogen-bond acceptors (Lipinski definition) is 8. The van der Waals surface area contributed by atoms with Crippen LogP contribution in [0.5, 0.6) is 0 Å². The predicted octanol–water partition coefficient (Wildman–Crippen LogP) is 0.401. The lowest BCUT2D eigenvalue weighted by Crippen LogP contribution is -2.71. The van der Waals surface area contributed by atoms with E-state index < -0.39 is 53.1 Å². The lowest BCUT2D eigenvalue weighted by molar-refractivity contribution is -0.151. The van der Waals surface area contributed by atoms with Crippen LogP contribution in [0.1, 0.15) is 37.8 Å². The highest BCUT2D eigenvalue weighted by Gasteiger charge is 2.54. The first-order chi connectivity index (χ1) is 17.1. The average Bonchev–Trinajstić information content (AvgIpc) is 2.83. The summed E-state index contributed by atoms with van der Waals surface area (Å²) in [6.45, 7) is 0.926. The second kappa shape index (κ2) is 11.7. The van der Waals surface area contributed by atoms with Crippen LogP contribution in [-0.2, 0) is 33.5 Å². The number of carboxylic acids is 2. The zero-order chi connectivity index (χ0) is 26.4. The Hall–Kier alpha value is -3.87. The van der Waals surface area contributed by atoms with Gasteiger partial charge in [-0.05, 0) is 12.0 Å². The van der Waals surface area contributed by atoms with Crippen molar-refractivity contribution in [3.05, 3.63) is 47.2 Å². The number of nitrogens with zero attached hydrogens (tertiary/aromatic N) is 1. The molecule has 1 aromatic carbocycles. The SMILES string of the molecule is CC(=O)OCC1=C(C(=O)O)N2C(=O)[C@@H](NC(=O)C(NC(=O)CCCC(=O)O)c3ccccc3)[C@H]2SC1. The number of ether oxygens (including phenoxy) is 1. The van der Waals surface area contributed by atoms with Crippen LogP contribution in [0.4, 0.5) is 0 Å². The maximum Gasteiger partial charge on any atom is 0.352 e. The summed E-state index contributed by atoms with van der Waals surface area (Å²) in [7, 11) is 0. The Morgan fingerprint density at radius 2 is 1.83 bits per heavy atom. The normalized spacial score (nSPS) is 19.5. The smallest absolute Gasteiger partial charge is 0.352 e. The number of carbonyl (C=O) groups is 6. The summed E-state index contributed by atoms with van der Waals surface area (Å²) < 4.78 is 4.90. The van der Waals surface area contributed by atoms with Crippen LogP contribution in [0.3, 0.4) is 0 Å². The summed E-state index contributed by atoms with van der Waals surface area (Å²) in [6, 6.07) is 6.15. The second-order valence-corrected chi connectivity index (χ2v) is 9.20. The minimum absolute atomic E-state index is 0.0963. The number of benzene rings is 1. The van der Waals surface area contributed by atoms with Gasteiger partial charge < -0.3 is 25.6 Å². The topological polar surface area (TPSA) is 179 Å². The minimum atomic E-state index is -1.35. The molecule has 1 unspecified atom stereocenters. The van der Waals surface area contributed by atoms with Gasteiger partial charge in [0.2, 0.25) is 11.8 Å². The van der Waals surface area contributed by atoms with Gasteiger partial charge in [0.05, 0.1) is 0 Å². The minimum Gasteiger partial charge on any atom is -0.481 e. The van der Waals surface area contributed by atoms with Crippen molar-refractivity contribution in [1.82, 2.24) is 15.5 Å². The third-order valence-corrected chi connectivity index (χ3v) is 6.83. The van der Waals surface area contributed by atoms with E-state index >= 15 is 0 Å². The molecular formula is C23H25N3O9S. The number of fused-ring (bicyclic) bond motifs is 1. The van der Waals surface area contributed by atoms with E-state index in [4.69, 9.17) is 9.84 Å². The van der Waals surface area contributed by atoms with Crippen molar-refractivity contribution in [3.8, 4) is 0 Å². The summed E-state index contributed by atoms with van der Waals surface area (Å²) in [5.74, 6) is -4.63. The Kier molecular flexibility index (Phi) is 8.69. The molecule has 3 rings (SSSR count). The number of hydrogen-bond donors (Lipinski definition) is 4. The molecule has 0 bridgehead atoms. The number of carbonyl (C=O) groups excluding carboxylic acids is 4. The largest absolute Gasteiger partial charge is 0.481 e. The summed E-state index contributed by atoms with van der Waals surface area (Å²) in [4.78, 5) is 73.1. The molecule has 0 aliphatic carbocycles. The molecule has 1 saturated heterocycles.